The van der Waals surface area contributed by atoms with Gasteiger partial charge in [0.2, 0.25) is 0 Å². The molecule has 1 amide bonds. The molecule has 1 unspecified atom stereocenters. The zero-order valence-electron chi connectivity index (χ0n) is 20.2. The van der Waals surface area contributed by atoms with Crippen molar-refractivity contribution in [2.24, 2.45) is 5.92 Å². The maximum absolute atomic E-state index is 13.4. The number of methoxy groups -OCH3 is 1. The number of ketones is 1. The van der Waals surface area contributed by atoms with E-state index in [1.165, 1.54) is 6.26 Å². The second kappa shape index (κ2) is 10.6. The number of carbonyl (C=O) groups is 2. The summed E-state index contributed by atoms with van der Waals surface area (Å²) in [7, 11) is 1.56. The third kappa shape index (κ3) is 4.71. The van der Waals surface area contributed by atoms with Gasteiger partial charge < -0.3 is 14.4 Å². The van der Waals surface area contributed by atoms with Crippen LogP contribution in [0.15, 0.2) is 71.0 Å². The summed E-state index contributed by atoms with van der Waals surface area (Å²) >= 11 is 0. The third-order valence-electron chi connectivity index (χ3n) is 6.49. The first-order valence-electron chi connectivity index (χ1n) is 12.0. The predicted octanol–water partition coefficient (Wildman–Crippen LogP) is 5.82. The van der Waals surface area contributed by atoms with Gasteiger partial charge in [0, 0.05) is 22.9 Å². The lowest BCUT2D eigenvalue weighted by Crippen LogP contribution is -2.39. The molecule has 1 fully saturated rings. The second-order valence-corrected chi connectivity index (χ2v) is 8.71. The van der Waals surface area contributed by atoms with Gasteiger partial charge in [0.1, 0.15) is 23.5 Å². The Balaban J connectivity index is 1.81. The maximum Gasteiger partial charge on any atom is 0.299 e. The van der Waals surface area contributed by atoms with Crippen molar-refractivity contribution in [2.45, 2.75) is 45.6 Å². The van der Waals surface area contributed by atoms with E-state index >= 15 is 0 Å². The van der Waals surface area contributed by atoms with E-state index in [1.54, 1.807) is 42.3 Å². The quantitative estimate of drug-likeness (QED) is 0.239. The number of aliphatic hydroxyl groups is 1. The number of anilines is 1. The van der Waals surface area contributed by atoms with Crippen LogP contribution in [0.25, 0.3) is 17.0 Å². The van der Waals surface area contributed by atoms with Gasteiger partial charge in [0.05, 0.1) is 18.7 Å². The lowest BCUT2D eigenvalue weighted by atomic mass is 9.84. The van der Waals surface area contributed by atoms with Crippen molar-refractivity contribution in [3.05, 3.63) is 72.0 Å². The van der Waals surface area contributed by atoms with Gasteiger partial charge in [0.15, 0.2) is 0 Å². The highest BCUT2D eigenvalue weighted by atomic mass is 16.5. The fraction of sp³-hybridized carbons (Fsp3) is 0.321. The van der Waals surface area contributed by atoms with Crippen LogP contribution >= 0.6 is 0 Å². The third-order valence-corrected chi connectivity index (χ3v) is 6.49. The highest BCUT2D eigenvalue weighted by Gasteiger charge is 2.48. The fourth-order valence-electron chi connectivity index (χ4n) is 4.85. The van der Waals surface area contributed by atoms with Crippen LogP contribution in [0.3, 0.4) is 0 Å². The number of nitrogens with zero attached hydrogens (tertiary/aromatic N) is 2. The van der Waals surface area contributed by atoms with Crippen LogP contribution in [-0.4, -0.2) is 35.1 Å². The molecule has 1 N–H and O–H groups in total. The fourth-order valence-corrected chi connectivity index (χ4v) is 4.85. The van der Waals surface area contributed by atoms with Crippen molar-refractivity contribution in [1.82, 2.24) is 5.16 Å². The average molecular weight is 475 g/mol. The number of amides is 1. The van der Waals surface area contributed by atoms with E-state index in [2.05, 4.69) is 19.0 Å². The van der Waals surface area contributed by atoms with Gasteiger partial charge in [-0.05, 0) is 55.2 Å². The topological polar surface area (TPSA) is 92.9 Å². The van der Waals surface area contributed by atoms with Crippen LogP contribution in [0.4, 0.5) is 5.69 Å². The Morgan fingerprint density at radius 2 is 1.69 bits per heavy atom. The van der Waals surface area contributed by atoms with Crippen molar-refractivity contribution < 1.29 is 24.0 Å². The minimum atomic E-state index is -0.666. The van der Waals surface area contributed by atoms with Crippen LogP contribution in [0, 0.1) is 5.92 Å². The first-order chi connectivity index (χ1) is 17.0. The van der Waals surface area contributed by atoms with Gasteiger partial charge in [-0.2, -0.15) is 0 Å². The molecule has 1 aromatic heterocycles. The molecule has 0 radical (unpaired) electrons. The summed E-state index contributed by atoms with van der Waals surface area (Å²) in [4.78, 5) is 28.3. The van der Waals surface area contributed by atoms with E-state index in [0.29, 0.717) is 22.7 Å². The summed E-state index contributed by atoms with van der Waals surface area (Å²) in [5, 5.41) is 15.2. The summed E-state index contributed by atoms with van der Waals surface area (Å²) in [6.07, 6.45) is 4.96. The Morgan fingerprint density at radius 3 is 2.23 bits per heavy atom. The number of rotatable bonds is 9. The number of carbonyl (C=O) groups excluding carboxylic acids is 2. The molecule has 7 nitrogen and oxygen atoms in total. The van der Waals surface area contributed by atoms with Crippen molar-refractivity contribution in [3.8, 4) is 17.0 Å². The summed E-state index contributed by atoms with van der Waals surface area (Å²) in [6.45, 7) is 4.18. The predicted molar refractivity (Wildman–Crippen MR) is 134 cm³/mol. The van der Waals surface area contributed by atoms with Crippen LogP contribution in [-0.2, 0) is 9.59 Å². The lowest BCUT2D eigenvalue weighted by molar-refractivity contribution is -0.132. The molecule has 1 atom stereocenters. The van der Waals surface area contributed by atoms with E-state index < -0.39 is 17.7 Å². The molecule has 1 saturated heterocycles. The van der Waals surface area contributed by atoms with Gasteiger partial charge in [0.25, 0.3) is 11.7 Å². The van der Waals surface area contributed by atoms with E-state index in [9.17, 15) is 14.7 Å². The zero-order valence-corrected chi connectivity index (χ0v) is 20.2. The van der Waals surface area contributed by atoms with Crippen molar-refractivity contribution in [1.29, 1.82) is 0 Å². The van der Waals surface area contributed by atoms with Crippen LogP contribution in [0.1, 0.15) is 45.1 Å². The van der Waals surface area contributed by atoms with E-state index in [-0.39, 0.29) is 17.3 Å². The van der Waals surface area contributed by atoms with Crippen LogP contribution in [0.2, 0.25) is 0 Å². The summed E-state index contributed by atoms with van der Waals surface area (Å²) in [5.41, 5.74) is 2.77. The Morgan fingerprint density at radius 1 is 1.03 bits per heavy atom. The first kappa shape index (κ1) is 24.3. The van der Waals surface area contributed by atoms with Crippen LogP contribution in [0.5, 0.6) is 5.75 Å². The number of ether oxygens (including phenoxy) is 1. The Bertz CT molecular complexity index is 1190. The van der Waals surface area contributed by atoms with Crippen LogP contribution < -0.4 is 9.64 Å². The van der Waals surface area contributed by atoms with Crippen molar-refractivity contribution >= 4 is 23.1 Å². The average Bonchev–Trinajstić information content (AvgIpc) is 3.51. The van der Waals surface area contributed by atoms with Gasteiger partial charge in [-0.25, -0.2) is 0 Å². The molecule has 1 aliphatic rings. The highest BCUT2D eigenvalue weighted by Crippen LogP contribution is 2.40. The molecule has 2 heterocycles. The van der Waals surface area contributed by atoms with Gasteiger partial charge in [-0.1, -0.05) is 44.0 Å². The second-order valence-electron chi connectivity index (χ2n) is 8.71. The van der Waals surface area contributed by atoms with Gasteiger partial charge in [-0.3, -0.25) is 14.5 Å². The highest BCUT2D eigenvalue weighted by molar-refractivity contribution is 6.51. The number of Topliss-reactive ketones (excluding diaryl/α,β-unsaturated/α-hetero) is 1. The first-order valence-corrected chi connectivity index (χ1v) is 12.0. The molecule has 2 aromatic carbocycles. The van der Waals surface area contributed by atoms with E-state index in [1.807, 2.05) is 24.3 Å². The molecule has 0 aliphatic carbocycles. The molecule has 3 aromatic rings. The summed E-state index contributed by atoms with van der Waals surface area (Å²) in [6, 6.07) is 15.3. The minimum absolute atomic E-state index is 0.0195. The van der Waals surface area contributed by atoms with Gasteiger partial charge >= 0.3 is 0 Å². The maximum atomic E-state index is 13.4. The Hall–Kier alpha value is -3.87. The SMILES string of the molecule is CCCC(CCC)C1/C(=C(/O)c2ccc(OC)cc2)C(=O)C(=O)N1c1ccc(-c2ccon2)cc1. The zero-order chi connectivity index (χ0) is 24.9. The van der Waals surface area contributed by atoms with E-state index in [0.717, 1.165) is 31.2 Å². The summed E-state index contributed by atoms with van der Waals surface area (Å²) < 4.78 is 10.1. The number of benzene rings is 2. The number of aliphatic hydroxyl groups excluding tert-OH is 1. The smallest absolute Gasteiger partial charge is 0.299 e. The molecule has 0 saturated carbocycles. The molecule has 182 valence electrons. The molecule has 7 heteroatoms. The van der Waals surface area contributed by atoms with E-state index in [4.69, 9.17) is 9.26 Å². The molecular weight excluding hydrogens is 444 g/mol. The van der Waals surface area contributed by atoms with Gasteiger partial charge in [-0.15, -0.1) is 0 Å². The van der Waals surface area contributed by atoms with Crippen molar-refractivity contribution in [3.63, 3.8) is 0 Å². The largest absolute Gasteiger partial charge is 0.507 e. The molecule has 1 aliphatic heterocycles. The Labute approximate surface area is 205 Å². The standard InChI is InChI=1S/C28H30N2O5/c1-4-6-19(7-5-2)25-24(26(31)20-10-14-22(34-3)15-11-20)27(32)28(33)30(25)21-12-8-18(9-13-21)23-16-17-35-29-23/h8-17,19,25,31H,4-7H2,1-3H3/b26-24-. The molecule has 35 heavy (non-hydrogen) atoms. The molecule has 4 rings (SSSR count). The number of hydrogen-bond acceptors (Lipinski definition) is 6. The lowest BCUT2D eigenvalue weighted by Gasteiger charge is -2.32. The van der Waals surface area contributed by atoms with Crippen molar-refractivity contribution in [2.75, 3.05) is 12.0 Å². The molecule has 0 bridgehead atoms. The minimum Gasteiger partial charge on any atom is -0.507 e. The Kier molecular flexibility index (Phi) is 7.34. The number of hydrogen-bond donors (Lipinski definition) is 1. The monoisotopic (exact) mass is 474 g/mol. The summed E-state index contributed by atoms with van der Waals surface area (Å²) in [5.74, 6) is -0.793. The normalized spacial score (nSPS) is 17.4. The molecule has 0 spiro atoms. The molecular formula is C28H30N2O5. The number of aromatic nitrogens is 1.